The largest absolute Gasteiger partial charge is 0.307 e. The van der Waals surface area contributed by atoms with Gasteiger partial charge in [-0.2, -0.15) is 5.26 Å². The molecular formula is C9H13N3S. The molecule has 0 aliphatic rings. The van der Waals surface area contributed by atoms with E-state index in [1.54, 1.807) is 17.5 Å². The van der Waals surface area contributed by atoms with Gasteiger partial charge in [-0.3, -0.25) is 0 Å². The lowest BCUT2D eigenvalue weighted by atomic mass is 10.2. The number of hydrogen-bond acceptors (Lipinski definition) is 4. The molecule has 0 amide bonds. The Morgan fingerprint density at radius 3 is 3.15 bits per heavy atom. The van der Waals surface area contributed by atoms with Crippen LogP contribution < -0.4 is 5.32 Å². The Kier molecular flexibility index (Phi) is 4.44. The minimum absolute atomic E-state index is 0.300. The highest BCUT2D eigenvalue weighted by molar-refractivity contribution is 7.09. The number of nitrogens with one attached hydrogen (secondary N) is 1. The van der Waals surface area contributed by atoms with E-state index in [0.717, 1.165) is 18.0 Å². The van der Waals surface area contributed by atoms with Crippen LogP contribution in [0.3, 0.4) is 0 Å². The lowest BCUT2D eigenvalue weighted by molar-refractivity contribution is 0.504. The molecule has 1 unspecified atom stereocenters. The van der Waals surface area contributed by atoms with Gasteiger partial charge in [-0.05, 0) is 6.42 Å². The standard InChI is InChI=1S/C9H13N3S/c1-2-8(3-4-10)12-7-9-11-5-6-13-9/h5-6,8,12H,2-3,7H2,1H3. The van der Waals surface area contributed by atoms with E-state index in [2.05, 4.69) is 23.3 Å². The van der Waals surface area contributed by atoms with E-state index in [1.807, 2.05) is 5.38 Å². The fraction of sp³-hybridized carbons (Fsp3) is 0.556. The minimum Gasteiger partial charge on any atom is -0.307 e. The van der Waals surface area contributed by atoms with Crippen LogP contribution in [0.5, 0.6) is 0 Å². The zero-order valence-corrected chi connectivity index (χ0v) is 8.47. The third-order valence-corrected chi connectivity index (χ3v) is 2.64. The van der Waals surface area contributed by atoms with E-state index in [-0.39, 0.29) is 0 Å². The molecule has 0 spiro atoms. The van der Waals surface area contributed by atoms with Crippen LogP contribution in [0.2, 0.25) is 0 Å². The van der Waals surface area contributed by atoms with E-state index in [4.69, 9.17) is 5.26 Å². The van der Waals surface area contributed by atoms with Gasteiger partial charge in [0.2, 0.25) is 0 Å². The fourth-order valence-electron chi connectivity index (χ4n) is 1.04. The summed E-state index contributed by atoms with van der Waals surface area (Å²) in [5.41, 5.74) is 0. The molecule has 1 atom stereocenters. The van der Waals surface area contributed by atoms with Crippen molar-refractivity contribution >= 4 is 11.3 Å². The zero-order chi connectivity index (χ0) is 9.52. The van der Waals surface area contributed by atoms with Gasteiger partial charge in [-0.25, -0.2) is 4.98 Å². The van der Waals surface area contributed by atoms with Gasteiger partial charge in [0, 0.05) is 24.2 Å². The summed E-state index contributed by atoms with van der Waals surface area (Å²) in [7, 11) is 0. The fourth-order valence-corrected chi connectivity index (χ4v) is 1.61. The van der Waals surface area contributed by atoms with E-state index in [1.165, 1.54) is 0 Å². The van der Waals surface area contributed by atoms with Gasteiger partial charge < -0.3 is 5.32 Å². The molecule has 70 valence electrons. The maximum atomic E-state index is 8.52. The molecule has 0 fully saturated rings. The number of aromatic nitrogens is 1. The van der Waals surface area contributed by atoms with Crippen molar-refractivity contribution in [1.82, 2.24) is 10.3 Å². The predicted molar refractivity (Wildman–Crippen MR) is 53.3 cm³/mol. The van der Waals surface area contributed by atoms with Crippen LogP contribution in [0.25, 0.3) is 0 Å². The minimum atomic E-state index is 0.300. The molecule has 0 bridgehead atoms. The third kappa shape index (κ3) is 3.53. The first kappa shape index (κ1) is 10.2. The normalized spacial score (nSPS) is 12.3. The summed E-state index contributed by atoms with van der Waals surface area (Å²) in [6.07, 6.45) is 3.35. The molecule has 0 aromatic carbocycles. The Labute approximate surface area is 82.4 Å². The van der Waals surface area contributed by atoms with E-state index < -0.39 is 0 Å². The van der Waals surface area contributed by atoms with Gasteiger partial charge in [-0.1, -0.05) is 6.92 Å². The first-order chi connectivity index (χ1) is 6.36. The summed E-state index contributed by atoms with van der Waals surface area (Å²) in [6.45, 7) is 2.86. The molecule has 0 aliphatic heterocycles. The molecule has 0 aliphatic carbocycles. The van der Waals surface area contributed by atoms with Crippen LogP contribution in [0.4, 0.5) is 0 Å². The van der Waals surface area contributed by atoms with Gasteiger partial charge in [0.1, 0.15) is 5.01 Å². The van der Waals surface area contributed by atoms with E-state index >= 15 is 0 Å². The highest BCUT2D eigenvalue weighted by Crippen LogP contribution is 2.04. The monoisotopic (exact) mass is 195 g/mol. The molecule has 0 radical (unpaired) electrons. The molecule has 1 N–H and O–H groups in total. The molecule has 1 rings (SSSR count). The first-order valence-corrected chi connectivity index (χ1v) is 5.23. The Hall–Kier alpha value is -0.920. The maximum Gasteiger partial charge on any atom is 0.106 e. The van der Waals surface area contributed by atoms with Gasteiger partial charge in [0.05, 0.1) is 12.5 Å². The second-order valence-electron chi connectivity index (χ2n) is 2.77. The van der Waals surface area contributed by atoms with Crippen molar-refractivity contribution in [3.63, 3.8) is 0 Å². The van der Waals surface area contributed by atoms with Crippen LogP contribution in [0, 0.1) is 11.3 Å². The van der Waals surface area contributed by atoms with Crippen molar-refractivity contribution in [2.45, 2.75) is 32.4 Å². The molecule has 0 saturated heterocycles. The van der Waals surface area contributed by atoms with Crippen molar-refractivity contribution in [2.75, 3.05) is 0 Å². The zero-order valence-electron chi connectivity index (χ0n) is 7.66. The second-order valence-corrected chi connectivity index (χ2v) is 3.75. The number of nitrogens with zero attached hydrogens (tertiary/aromatic N) is 2. The van der Waals surface area contributed by atoms with Crippen molar-refractivity contribution < 1.29 is 0 Å². The van der Waals surface area contributed by atoms with Crippen molar-refractivity contribution in [3.8, 4) is 6.07 Å². The summed E-state index contributed by atoms with van der Waals surface area (Å²) < 4.78 is 0. The van der Waals surface area contributed by atoms with Crippen LogP contribution >= 0.6 is 11.3 Å². The molecule has 0 saturated carbocycles. The Morgan fingerprint density at radius 2 is 2.62 bits per heavy atom. The Balaban J connectivity index is 2.28. The number of nitriles is 1. The summed E-state index contributed by atoms with van der Waals surface area (Å²) in [5, 5.41) is 14.9. The Bertz CT molecular complexity index is 263. The summed E-state index contributed by atoms with van der Waals surface area (Å²) in [4.78, 5) is 4.16. The summed E-state index contributed by atoms with van der Waals surface area (Å²) in [5.74, 6) is 0. The summed E-state index contributed by atoms with van der Waals surface area (Å²) >= 11 is 1.64. The van der Waals surface area contributed by atoms with Gasteiger partial charge in [0.25, 0.3) is 0 Å². The average Bonchev–Trinajstić information content (AvgIpc) is 2.64. The topological polar surface area (TPSA) is 48.7 Å². The SMILES string of the molecule is CCC(CC#N)NCc1nccs1. The molecule has 1 aromatic rings. The van der Waals surface area contributed by atoms with Gasteiger partial charge in [-0.15, -0.1) is 11.3 Å². The van der Waals surface area contributed by atoms with Gasteiger partial charge >= 0.3 is 0 Å². The smallest absolute Gasteiger partial charge is 0.106 e. The van der Waals surface area contributed by atoms with Crippen LogP contribution in [0.1, 0.15) is 24.8 Å². The molecule has 3 nitrogen and oxygen atoms in total. The highest BCUT2D eigenvalue weighted by atomic mass is 32.1. The number of hydrogen-bond donors (Lipinski definition) is 1. The molecule has 13 heavy (non-hydrogen) atoms. The maximum absolute atomic E-state index is 8.52. The summed E-state index contributed by atoms with van der Waals surface area (Å²) in [6, 6.07) is 2.47. The average molecular weight is 195 g/mol. The molecule has 1 aromatic heterocycles. The number of rotatable bonds is 5. The van der Waals surface area contributed by atoms with Crippen LogP contribution in [-0.2, 0) is 6.54 Å². The predicted octanol–water partition coefficient (Wildman–Crippen LogP) is 1.92. The lowest BCUT2D eigenvalue weighted by Crippen LogP contribution is -2.27. The van der Waals surface area contributed by atoms with Crippen LogP contribution in [-0.4, -0.2) is 11.0 Å². The molecule has 1 heterocycles. The van der Waals surface area contributed by atoms with Crippen molar-refractivity contribution in [2.24, 2.45) is 0 Å². The van der Waals surface area contributed by atoms with Gasteiger partial charge in [0.15, 0.2) is 0 Å². The Morgan fingerprint density at radius 1 is 1.77 bits per heavy atom. The van der Waals surface area contributed by atoms with Crippen LogP contribution in [0.15, 0.2) is 11.6 Å². The lowest BCUT2D eigenvalue weighted by Gasteiger charge is -2.11. The molecular weight excluding hydrogens is 182 g/mol. The molecule has 4 heteroatoms. The quantitative estimate of drug-likeness (QED) is 0.781. The van der Waals surface area contributed by atoms with Crippen molar-refractivity contribution in [1.29, 1.82) is 5.26 Å². The second kappa shape index (κ2) is 5.68. The third-order valence-electron chi connectivity index (χ3n) is 1.86. The van der Waals surface area contributed by atoms with Crippen molar-refractivity contribution in [3.05, 3.63) is 16.6 Å². The van der Waals surface area contributed by atoms with E-state index in [9.17, 15) is 0 Å². The first-order valence-electron chi connectivity index (χ1n) is 4.35. The number of thiazole rings is 1. The van der Waals surface area contributed by atoms with E-state index in [0.29, 0.717) is 12.5 Å². The highest BCUT2D eigenvalue weighted by Gasteiger charge is 2.04.